The Balaban J connectivity index is 1.45. The number of alkyl halides is 3. The number of benzene rings is 3. The second-order valence-electron chi connectivity index (χ2n) is 10.1. The van der Waals surface area contributed by atoms with Gasteiger partial charge in [-0.2, -0.15) is 13.2 Å². The number of ether oxygens (including phenoxy) is 1. The predicted octanol–water partition coefficient (Wildman–Crippen LogP) is 6.39. The number of fused-ring (bicyclic) bond motifs is 3. The summed E-state index contributed by atoms with van der Waals surface area (Å²) in [7, 11) is 3.49. The van der Waals surface area contributed by atoms with Crippen LogP contribution in [-0.4, -0.2) is 31.2 Å². The zero-order chi connectivity index (χ0) is 26.7. The normalized spacial score (nSPS) is 24.5. The summed E-state index contributed by atoms with van der Waals surface area (Å²) in [4.78, 5) is 11.3. The monoisotopic (exact) mass is 525 g/mol. The molecule has 2 aliphatic heterocycles. The highest BCUT2D eigenvalue weighted by atomic mass is 19.4. The van der Waals surface area contributed by atoms with Crippen molar-refractivity contribution in [3.63, 3.8) is 0 Å². The van der Waals surface area contributed by atoms with Crippen molar-refractivity contribution in [2.45, 2.75) is 49.6 Å². The van der Waals surface area contributed by atoms with Crippen LogP contribution in [0.25, 0.3) is 11.1 Å². The molecule has 3 unspecified atom stereocenters. The van der Waals surface area contributed by atoms with Crippen LogP contribution in [0.2, 0.25) is 0 Å². The number of halogens is 4. The van der Waals surface area contributed by atoms with Crippen LogP contribution in [-0.2, 0) is 23.2 Å². The van der Waals surface area contributed by atoms with Crippen molar-refractivity contribution in [3.05, 3.63) is 88.7 Å². The number of nitrogens with zero attached hydrogens (tertiary/aromatic N) is 2. The van der Waals surface area contributed by atoms with Gasteiger partial charge in [-0.1, -0.05) is 30.3 Å². The Morgan fingerprint density at radius 3 is 2.63 bits per heavy atom. The molecule has 0 amide bonds. The second kappa shape index (κ2) is 9.01. The van der Waals surface area contributed by atoms with Crippen LogP contribution in [0.15, 0.2) is 65.7 Å². The Hall–Kier alpha value is -3.59. The highest BCUT2D eigenvalue weighted by Crippen LogP contribution is 2.51. The molecule has 2 heterocycles. The fourth-order valence-electron chi connectivity index (χ4n) is 5.96. The Kier molecular flexibility index (Phi) is 5.86. The van der Waals surface area contributed by atoms with Crippen LogP contribution in [0.1, 0.15) is 47.4 Å². The van der Waals surface area contributed by atoms with Gasteiger partial charge in [-0.25, -0.2) is 19.3 Å². The number of nitrogens with one attached hydrogen (secondary N) is 1. The summed E-state index contributed by atoms with van der Waals surface area (Å²) in [6.07, 6.45) is -1.44. The van der Waals surface area contributed by atoms with Gasteiger partial charge in [0, 0.05) is 26.4 Å². The van der Waals surface area contributed by atoms with Crippen molar-refractivity contribution in [3.8, 4) is 16.9 Å². The van der Waals surface area contributed by atoms with Crippen molar-refractivity contribution < 1.29 is 27.1 Å². The van der Waals surface area contributed by atoms with E-state index in [0.29, 0.717) is 35.3 Å². The van der Waals surface area contributed by atoms with Crippen LogP contribution in [0, 0.1) is 5.82 Å². The highest BCUT2D eigenvalue weighted by Gasteiger charge is 2.51. The number of guanidine groups is 1. The van der Waals surface area contributed by atoms with Gasteiger partial charge in [0.25, 0.3) is 0 Å². The zero-order valence-corrected chi connectivity index (χ0v) is 21.0. The van der Waals surface area contributed by atoms with Crippen LogP contribution in [0.3, 0.4) is 0 Å². The summed E-state index contributed by atoms with van der Waals surface area (Å²) in [5.74, 6) is 0.262. The number of hydroxylamine groups is 2. The first-order valence-corrected chi connectivity index (χ1v) is 12.6. The fourth-order valence-corrected chi connectivity index (χ4v) is 5.96. The molecule has 1 N–H and O–H groups in total. The quantitative estimate of drug-likeness (QED) is 0.394. The molecule has 3 aromatic rings. The van der Waals surface area contributed by atoms with Gasteiger partial charge in [-0.3, -0.25) is 0 Å². The van der Waals surface area contributed by atoms with E-state index >= 15 is 0 Å². The van der Waals surface area contributed by atoms with Gasteiger partial charge < -0.3 is 10.1 Å². The number of hydrogen-bond donors (Lipinski definition) is 1. The lowest BCUT2D eigenvalue weighted by molar-refractivity contribution is -0.193. The molecule has 3 aromatic carbocycles. The molecule has 1 spiro atoms. The molecule has 1 aliphatic carbocycles. The van der Waals surface area contributed by atoms with Crippen molar-refractivity contribution in [1.29, 1.82) is 0 Å². The molecule has 3 atom stereocenters. The molecular formula is C29H27F4N3O2. The van der Waals surface area contributed by atoms with Crippen molar-refractivity contribution in [1.82, 2.24) is 10.4 Å². The fraction of sp³-hybridized carbons (Fsp3) is 0.345. The van der Waals surface area contributed by atoms with Gasteiger partial charge in [-0.15, -0.1) is 0 Å². The van der Waals surface area contributed by atoms with E-state index in [1.165, 1.54) is 11.1 Å². The second-order valence-corrected chi connectivity index (χ2v) is 10.1. The minimum Gasteiger partial charge on any atom is -0.489 e. The Labute approximate surface area is 218 Å². The molecule has 0 bridgehead atoms. The van der Waals surface area contributed by atoms with Crippen LogP contribution < -0.4 is 10.1 Å². The topological polar surface area (TPSA) is 46.1 Å². The van der Waals surface area contributed by atoms with E-state index in [2.05, 4.69) is 23.5 Å². The molecular weight excluding hydrogens is 498 g/mol. The molecule has 6 rings (SSSR count). The Morgan fingerprint density at radius 2 is 1.87 bits per heavy atom. The maximum atomic E-state index is 14.2. The predicted molar refractivity (Wildman–Crippen MR) is 135 cm³/mol. The first-order chi connectivity index (χ1) is 18.2. The average molecular weight is 526 g/mol. The molecule has 38 heavy (non-hydrogen) atoms. The number of rotatable bonds is 2. The standard InChI is InChI=1S/C29H27F4N3O2/c1-34-27-35-28(38-36(27)2)16-26(23-9-5-7-17-6-3-4-8-22(17)23)37-25-11-10-18(14-24(25)28)19-12-20(29(31,32)33)15-21(30)13-19/h3-4,6,8,10-15,23,26H,5,7,9,16H2,1-2H3,(H,34,35). The molecule has 0 saturated carbocycles. The van der Waals surface area contributed by atoms with Gasteiger partial charge in [0.05, 0.1) is 11.1 Å². The average Bonchev–Trinajstić information content (AvgIpc) is 3.22. The van der Waals surface area contributed by atoms with E-state index in [-0.39, 0.29) is 17.6 Å². The molecule has 3 aliphatic rings. The van der Waals surface area contributed by atoms with Crippen molar-refractivity contribution in [2.24, 2.45) is 4.99 Å². The van der Waals surface area contributed by atoms with Gasteiger partial charge in [0.2, 0.25) is 11.7 Å². The summed E-state index contributed by atoms with van der Waals surface area (Å²) in [6.45, 7) is 0. The van der Waals surface area contributed by atoms with Crippen molar-refractivity contribution >= 4 is 5.96 Å². The molecule has 0 fully saturated rings. The molecule has 0 aromatic heterocycles. The van der Waals surface area contributed by atoms with Crippen LogP contribution in [0.4, 0.5) is 17.6 Å². The first-order valence-electron chi connectivity index (χ1n) is 12.6. The van der Waals surface area contributed by atoms with E-state index in [4.69, 9.17) is 14.6 Å². The van der Waals surface area contributed by atoms with Crippen molar-refractivity contribution in [2.75, 3.05) is 14.1 Å². The lowest BCUT2D eigenvalue weighted by atomic mass is 9.76. The minimum atomic E-state index is -4.66. The van der Waals surface area contributed by atoms with Crippen LogP contribution in [0.5, 0.6) is 5.75 Å². The third-order valence-corrected chi connectivity index (χ3v) is 7.68. The maximum absolute atomic E-state index is 14.2. The Bertz CT molecular complexity index is 1420. The summed E-state index contributed by atoms with van der Waals surface area (Å²) < 4.78 is 61.0. The summed E-state index contributed by atoms with van der Waals surface area (Å²) in [5, 5.41) is 4.59. The van der Waals surface area contributed by atoms with Crippen LogP contribution >= 0.6 is 0 Å². The molecule has 0 radical (unpaired) electrons. The molecule has 9 heteroatoms. The smallest absolute Gasteiger partial charge is 0.416 e. The molecule has 198 valence electrons. The number of aliphatic imine (C=N–C) groups is 1. The van der Waals surface area contributed by atoms with E-state index < -0.39 is 23.3 Å². The third kappa shape index (κ3) is 4.18. The lowest BCUT2D eigenvalue weighted by Crippen LogP contribution is -2.42. The van der Waals surface area contributed by atoms with Gasteiger partial charge in [-0.05, 0) is 71.8 Å². The largest absolute Gasteiger partial charge is 0.489 e. The third-order valence-electron chi connectivity index (χ3n) is 7.68. The summed E-state index contributed by atoms with van der Waals surface area (Å²) in [5.41, 5.74) is 1.51. The van der Waals surface area contributed by atoms with E-state index in [1.807, 2.05) is 6.07 Å². The van der Waals surface area contributed by atoms with Gasteiger partial charge in [0.15, 0.2) is 0 Å². The minimum absolute atomic E-state index is 0.114. The zero-order valence-electron chi connectivity index (χ0n) is 21.0. The van der Waals surface area contributed by atoms with Gasteiger partial charge in [0.1, 0.15) is 17.7 Å². The number of hydrogen-bond acceptors (Lipinski definition) is 5. The first kappa shape index (κ1) is 24.7. The highest BCUT2D eigenvalue weighted by molar-refractivity contribution is 5.80. The Morgan fingerprint density at radius 1 is 1.05 bits per heavy atom. The SMILES string of the molecule is CNC1=NC2(CC(C3CCCc4ccccc43)Oc3ccc(-c4cc(F)cc(C(F)(F)F)c4)cc32)ON1C. The van der Waals surface area contributed by atoms with Gasteiger partial charge >= 0.3 is 6.18 Å². The lowest BCUT2D eigenvalue weighted by Gasteiger charge is -2.41. The molecule has 0 saturated heterocycles. The van der Waals surface area contributed by atoms with E-state index in [1.54, 1.807) is 37.4 Å². The maximum Gasteiger partial charge on any atom is 0.416 e. The summed E-state index contributed by atoms with van der Waals surface area (Å²) >= 11 is 0. The number of aryl methyl sites for hydroxylation is 1. The molecule has 5 nitrogen and oxygen atoms in total. The van der Waals surface area contributed by atoms with E-state index in [0.717, 1.165) is 31.4 Å². The summed E-state index contributed by atoms with van der Waals surface area (Å²) in [6, 6.07) is 16.0. The van der Waals surface area contributed by atoms with E-state index in [9.17, 15) is 17.6 Å².